The Labute approximate surface area is 160 Å². The Morgan fingerprint density at radius 2 is 1.92 bits per heavy atom. The molecule has 7 heteroatoms. The van der Waals surface area contributed by atoms with Gasteiger partial charge in [0.15, 0.2) is 6.61 Å². The maximum Gasteiger partial charge on any atom is 0.348 e. The highest BCUT2D eigenvalue weighted by atomic mass is 79.9. The molecule has 0 atom stereocenters. The molecule has 0 radical (unpaired) electrons. The van der Waals surface area contributed by atoms with Crippen LogP contribution >= 0.6 is 43.2 Å². The molecule has 1 aromatic heterocycles. The molecule has 3 rings (SSSR count). The highest BCUT2D eigenvalue weighted by Gasteiger charge is 2.20. The van der Waals surface area contributed by atoms with Crippen molar-refractivity contribution in [2.75, 3.05) is 11.9 Å². The maximum absolute atomic E-state index is 12.1. The average molecular weight is 473 g/mol. The maximum atomic E-state index is 12.1. The molecule has 0 saturated carbocycles. The number of fused-ring (bicyclic) bond motifs is 1. The first-order chi connectivity index (χ1) is 11.4. The van der Waals surface area contributed by atoms with E-state index in [9.17, 15) is 9.59 Å². The molecule has 0 saturated heterocycles. The first kappa shape index (κ1) is 17.6. The quantitative estimate of drug-likeness (QED) is 0.646. The third kappa shape index (κ3) is 3.90. The van der Waals surface area contributed by atoms with Crippen LogP contribution in [0.2, 0.25) is 0 Å². The van der Waals surface area contributed by atoms with Gasteiger partial charge in [0, 0.05) is 13.8 Å². The number of rotatable bonds is 4. The Morgan fingerprint density at radius 3 is 2.58 bits per heavy atom. The summed E-state index contributed by atoms with van der Waals surface area (Å²) in [4.78, 5) is 26.0. The average Bonchev–Trinajstić information content (AvgIpc) is 3.09. The number of aryl methyl sites for hydroxylation is 3. The van der Waals surface area contributed by atoms with E-state index >= 15 is 0 Å². The lowest BCUT2D eigenvalue weighted by atomic mass is 10.2. The summed E-state index contributed by atoms with van der Waals surface area (Å²) in [5, 5.41) is 2.74. The van der Waals surface area contributed by atoms with Crippen LogP contribution in [0.1, 0.15) is 32.1 Å². The molecule has 1 amide bonds. The van der Waals surface area contributed by atoms with Gasteiger partial charge in [-0.05, 0) is 87.4 Å². The van der Waals surface area contributed by atoms with E-state index in [-0.39, 0.29) is 12.5 Å². The van der Waals surface area contributed by atoms with Crippen LogP contribution in [-0.2, 0) is 22.4 Å². The summed E-state index contributed by atoms with van der Waals surface area (Å²) in [7, 11) is 0. The molecule has 4 nitrogen and oxygen atoms in total. The zero-order chi connectivity index (χ0) is 17.3. The van der Waals surface area contributed by atoms with Crippen LogP contribution < -0.4 is 5.32 Å². The molecule has 0 bridgehead atoms. The highest BCUT2D eigenvalue weighted by molar-refractivity contribution is 9.11. The van der Waals surface area contributed by atoms with Crippen LogP contribution in [0.4, 0.5) is 5.69 Å². The SMILES string of the molecule is Cc1cc(Br)c(NC(=O)COC(=O)c2cc3c(s2)CCC3)c(Br)c1. The summed E-state index contributed by atoms with van der Waals surface area (Å²) in [5.41, 5.74) is 2.92. The number of carbonyl (C=O) groups is 2. The third-order valence-corrected chi connectivity index (χ3v) is 6.20. The van der Waals surface area contributed by atoms with E-state index in [1.165, 1.54) is 21.8 Å². The van der Waals surface area contributed by atoms with Crippen LogP contribution in [0.15, 0.2) is 27.1 Å². The van der Waals surface area contributed by atoms with Crippen LogP contribution in [0.25, 0.3) is 0 Å². The molecule has 1 N–H and O–H groups in total. The molecular weight excluding hydrogens is 458 g/mol. The van der Waals surface area contributed by atoms with Gasteiger partial charge in [-0.15, -0.1) is 11.3 Å². The number of esters is 1. The van der Waals surface area contributed by atoms with E-state index in [2.05, 4.69) is 37.2 Å². The summed E-state index contributed by atoms with van der Waals surface area (Å²) in [6.45, 7) is 1.65. The molecule has 1 aromatic carbocycles. The van der Waals surface area contributed by atoms with Crippen molar-refractivity contribution in [1.82, 2.24) is 0 Å². The number of ether oxygens (including phenoxy) is 1. The molecular formula is C17H15Br2NO3S. The highest BCUT2D eigenvalue weighted by Crippen LogP contribution is 2.33. The molecule has 0 fully saturated rings. The van der Waals surface area contributed by atoms with Gasteiger partial charge in [-0.1, -0.05) is 0 Å². The Morgan fingerprint density at radius 1 is 1.21 bits per heavy atom. The van der Waals surface area contributed by atoms with E-state index in [4.69, 9.17) is 4.74 Å². The lowest BCUT2D eigenvalue weighted by molar-refractivity contribution is -0.119. The molecule has 0 aliphatic heterocycles. The number of anilines is 1. The van der Waals surface area contributed by atoms with Crippen LogP contribution in [-0.4, -0.2) is 18.5 Å². The summed E-state index contributed by atoms with van der Waals surface area (Å²) < 4.78 is 6.67. The fourth-order valence-corrected chi connectivity index (χ4v) is 5.39. The smallest absolute Gasteiger partial charge is 0.348 e. The lowest BCUT2D eigenvalue weighted by Gasteiger charge is -2.11. The molecule has 24 heavy (non-hydrogen) atoms. The van der Waals surface area contributed by atoms with Gasteiger partial charge >= 0.3 is 5.97 Å². The number of hydrogen-bond donors (Lipinski definition) is 1. The minimum absolute atomic E-state index is 0.311. The lowest BCUT2D eigenvalue weighted by Crippen LogP contribution is -2.21. The molecule has 1 aliphatic rings. The van der Waals surface area contributed by atoms with Gasteiger partial charge in [-0.2, -0.15) is 0 Å². The van der Waals surface area contributed by atoms with E-state index < -0.39 is 5.97 Å². The van der Waals surface area contributed by atoms with Gasteiger partial charge in [0.05, 0.1) is 5.69 Å². The second kappa shape index (κ2) is 7.37. The Bertz CT molecular complexity index is 772. The van der Waals surface area contributed by atoms with Gasteiger partial charge in [0.25, 0.3) is 5.91 Å². The number of amides is 1. The van der Waals surface area contributed by atoms with Gasteiger partial charge < -0.3 is 10.1 Å². The van der Waals surface area contributed by atoms with E-state index in [1.54, 1.807) is 0 Å². The topological polar surface area (TPSA) is 55.4 Å². The minimum Gasteiger partial charge on any atom is -0.451 e. The minimum atomic E-state index is -0.438. The fourth-order valence-electron chi connectivity index (χ4n) is 2.63. The van der Waals surface area contributed by atoms with Crippen molar-refractivity contribution in [1.29, 1.82) is 0 Å². The van der Waals surface area contributed by atoms with Crippen molar-refractivity contribution < 1.29 is 14.3 Å². The van der Waals surface area contributed by atoms with Crippen molar-refractivity contribution in [3.05, 3.63) is 48.0 Å². The molecule has 126 valence electrons. The molecule has 2 aromatic rings. The number of hydrogen-bond acceptors (Lipinski definition) is 4. The van der Waals surface area contributed by atoms with E-state index in [1.807, 2.05) is 25.1 Å². The number of nitrogens with one attached hydrogen (secondary N) is 1. The van der Waals surface area contributed by atoms with Gasteiger partial charge in [0.1, 0.15) is 4.88 Å². The molecule has 0 unspecified atom stereocenters. The standard InChI is InChI=1S/C17H15Br2NO3S/c1-9-5-11(18)16(12(19)6-9)20-15(21)8-23-17(22)14-7-10-3-2-4-13(10)24-14/h5-7H,2-4,8H2,1H3,(H,20,21). The predicted octanol–water partition coefficient (Wildman–Crippen LogP) is 4.87. The van der Waals surface area contributed by atoms with Crippen molar-refractivity contribution in [2.24, 2.45) is 0 Å². The largest absolute Gasteiger partial charge is 0.451 e. The summed E-state index contributed by atoms with van der Waals surface area (Å²) in [6.07, 6.45) is 3.21. The summed E-state index contributed by atoms with van der Waals surface area (Å²) in [5.74, 6) is -0.815. The Balaban J connectivity index is 1.58. The predicted molar refractivity (Wildman–Crippen MR) is 102 cm³/mol. The van der Waals surface area contributed by atoms with Crippen molar-refractivity contribution in [2.45, 2.75) is 26.2 Å². The van der Waals surface area contributed by atoms with Gasteiger partial charge in [-0.3, -0.25) is 4.79 Å². The summed E-state index contributed by atoms with van der Waals surface area (Å²) in [6, 6.07) is 5.69. The molecule has 0 spiro atoms. The fraction of sp³-hybridized carbons (Fsp3) is 0.294. The zero-order valence-corrected chi connectivity index (χ0v) is 16.9. The second-order valence-electron chi connectivity index (χ2n) is 5.64. The number of carbonyl (C=O) groups excluding carboxylic acids is 2. The van der Waals surface area contributed by atoms with Crippen LogP contribution in [0.3, 0.4) is 0 Å². The summed E-state index contributed by atoms with van der Waals surface area (Å²) >= 11 is 8.31. The number of benzene rings is 1. The zero-order valence-electron chi connectivity index (χ0n) is 12.9. The van der Waals surface area contributed by atoms with Crippen molar-refractivity contribution in [3.63, 3.8) is 0 Å². The first-order valence-corrected chi connectivity index (χ1v) is 9.88. The normalized spacial score (nSPS) is 12.8. The van der Waals surface area contributed by atoms with E-state index in [0.717, 1.165) is 33.8 Å². The van der Waals surface area contributed by atoms with E-state index in [0.29, 0.717) is 10.6 Å². The Hall–Kier alpha value is -1.18. The Kier molecular flexibility index (Phi) is 5.42. The molecule has 1 heterocycles. The number of halogens is 2. The third-order valence-electron chi connectivity index (χ3n) is 3.73. The van der Waals surface area contributed by atoms with Crippen LogP contribution in [0, 0.1) is 6.92 Å². The van der Waals surface area contributed by atoms with Crippen molar-refractivity contribution >= 4 is 60.8 Å². The van der Waals surface area contributed by atoms with Crippen LogP contribution in [0.5, 0.6) is 0 Å². The monoisotopic (exact) mass is 471 g/mol. The van der Waals surface area contributed by atoms with Gasteiger partial charge in [0.2, 0.25) is 0 Å². The van der Waals surface area contributed by atoms with Crippen molar-refractivity contribution in [3.8, 4) is 0 Å². The second-order valence-corrected chi connectivity index (χ2v) is 8.49. The molecule has 1 aliphatic carbocycles. The first-order valence-electron chi connectivity index (χ1n) is 7.48. The van der Waals surface area contributed by atoms with Gasteiger partial charge in [-0.25, -0.2) is 4.79 Å². The number of thiophene rings is 1.